The number of carbonyl (C=O) groups is 2. The van der Waals surface area contributed by atoms with Gasteiger partial charge in [-0.2, -0.15) is 8.78 Å². The zero-order valence-corrected chi connectivity index (χ0v) is 15.9. The normalized spacial score (nSPS) is 17.9. The number of anilines is 1. The van der Waals surface area contributed by atoms with Crippen LogP contribution < -0.4 is 5.32 Å². The first-order valence-electron chi connectivity index (χ1n) is 8.48. The van der Waals surface area contributed by atoms with Crippen molar-refractivity contribution in [1.82, 2.24) is 4.90 Å². The van der Waals surface area contributed by atoms with Crippen molar-refractivity contribution >= 4 is 29.4 Å². The highest BCUT2D eigenvalue weighted by Gasteiger charge is 2.31. The molecule has 1 atom stereocenters. The Morgan fingerprint density at radius 3 is 2.50 bits per heavy atom. The Balaban J connectivity index is 1.91. The number of halogens is 2. The average molecular weight is 386 g/mol. The highest BCUT2D eigenvalue weighted by Crippen LogP contribution is 2.27. The van der Waals surface area contributed by atoms with Gasteiger partial charge in [-0.1, -0.05) is 11.8 Å². The van der Waals surface area contributed by atoms with Gasteiger partial charge in [0.2, 0.25) is 5.91 Å². The van der Waals surface area contributed by atoms with Crippen LogP contribution in [-0.2, 0) is 9.53 Å². The first-order valence-corrected chi connectivity index (χ1v) is 9.36. The third kappa shape index (κ3) is 6.48. The van der Waals surface area contributed by atoms with Crippen LogP contribution in [0.25, 0.3) is 0 Å². The highest BCUT2D eigenvalue weighted by molar-refractivity contribution is 7.99. The first kappa shape index (κ1) is 20.5. The molecular weight excluding hydrogens is 362 g/mol. The van der Waals surface area contributed by atoms with E-state index in [4.69, 9.17) is 4.74 Å². The predicted octanol–water partition coefficient (Wildman–Crippen LogP) is 4.59. The maximum Gasteiger partial charge on any atom is 0.410 e. The van der Waals surface area contributed by atoms with E-state index in [0.29, 0.717) is 41.9 Å². The number of nitrogens with one attached hydrogen (secondary N) is 1. The van der Waals surface area contributed by atoms with Gasteiger partial charge in [-0.15, -0.1) is 0 Å². The Kier molecular flexibility index (Phi) is 6.86. The Hall–Kier alpha value is -1.83. The second-order valence-electron chi connectivity index (χ2n) is 7.16. The van der Waals surface area contributed by atoms with Gasteiger partial charge >= 0.3 is 6.09 Å². The largest absolute Gasteiger partial charge is 0.444 e. The fourth-order valence-corrected chi connectivity index (χ4v) is 3.15. The van der Waals surface area contributed by atoms with Crippen molar-refractivity contribution in [3.05, 3.63) is 24.3 Å². The van der Waals surface area contributed by atoms with Gasteiger partial charge in [-0.25, -0.2) is 4.79 Å². The number of ether oxygens (including phenoxy) is 1. The standard InChI is InChI=1S/C18H24F2N2O3S/c1-18(2,3)25-17(24)22-10-4-5-12(11-22)15(23)21-13-6-8-14(9-7-13)26-16(19)20/h6-9,12,16H,4-5,10-11H2,1-3H3,(H,21,23). The highest BCUT2D eigenvalue weighted by atomic mass is 32.2. The van der Waals surface area contributed by atoms with Gasteiger partial charge in [0.1, 0.15) is 5.60 Å². The third-order valence-electron chi connectivity index (χ3n) is 3.79. The molecule has 0 bridgehead atoms. The number of likely N-dealkylation sites (tertiary alicyclic amines) is 1. The van der Waals surface area contributed by atoms with Crippen LogP contribution in [0, 0.1) is 5.92 Å². The number of benzene rings is 1. The Bertz CT molecular complexity index is 632. The molecule has 1 heterocycles. The molecule has 5 nitrogen and oxygen atoms in total. The maximum absolute atomic E-state index is 12.5. The third-order valence-corrected chi connectivity index (χ3v) is 4.51. The van der Waals surface area contributed by atoms with E-state index in [2.05, 4.69) is 5.32 Å². The summed E-state index contributed by atoms with van der Waals surface area (Å²) >= 11 is 0.458. The van der Waals surface area contributed by atoms with E-state index in [1.54, 1.807) is 49.9 Å². The molecule has 2 rings (SSSR count). The van der Waals surface area contributed by atoms with Crippen LogP contribution in [-0.4, -0.2) is 41.3 Å². The van der Waals surface area contributed by atoms with E-state index in [1.807, 2.05) is 0 Å². The molecule has 1 aliphatic heterocycles. The number of hydrogen-bond acceptors (Lipinski definition) is 4. The minimum atomic E-state index is -2.48. The summed E-state index contributed by atoms with van der Waals surface area (Å²) < 4.78 is 30.0. The number of alkyl halides is 2. The summed E-state index contributed by atoms with van der Waals surface area (Å²) in [5.41, 5.74) is -0.0346. The topological polar surface area (TPSA) is 58.6 Å². The summed E-state index contributed by atoms with van der Waals surface area (Å²) in [6.07, 6.45) is 0.995. The van der Waals surface area contributed by atoms with Crippen LogP contribution in [0.5, 0.6) is 0 Å². The van der Waals surface area contributed by atoms with E-state index >= 15 is 0 Å². The maximum atomic E-state index is 12.5. The molecular formula is C18H24F2N2O3S. The van der Waals surface area contributed by atoms with Gasteiger partial charge in [0.15, 0.2) is 0 Å². The molecule has 0 saturated carbocycles. The van der Waals surface area contributed by atoms with E-state index in [-0.39, 0.29) is 11.8 Å². The average Bonchev–Trinajstić information content (AvgIpc) is 2.55. The summed E-state index contributed by atoms with van der Waals surface area (Å²) in [6, 6.07) is 6.27. The van der Waals surface area contributed by atoms with Crippen molar-refractivity contribution < 1.29 is 23.1 Å². The number of nitrogens with zero attached hydrogens (tertiary/aromatic N) is 1. The monoisotopic (exact) mass is 386 g/mol. The van der Waals surface area contributed by atoms with Crippen molar-refractivity contribution in [3.8, 4) is 0 Å². The molecule has 26 heavy (non-hydrogen) atoms. The van der Waals surface area contributed by atoms with Crippen LogP contribution in [0.3, 0.4) is 0 Å². The molecule has 1 aromatic carbocycles. The van der Waals surface area contributed by atoms with Crippen molar-refractivity contribution in [2.45, 2.75) is 49.9 Å². The van der Waals surface area contributed by atoms with Crippen LogP contribution in [0.2, 0.25) is 0 Å². The SMILES string of the molecule is CC(C)(C)OC(=O)N1CCCC(C(=O)Nc2ccc(SC(F)F)cc2)C1. The molecule has 0 aromatic heterocycles. The quantitative estimate of drug-likeness (QED) is 0.769. The molecule has 1 unspecified atom stereocenters. The molecule has 144 valence electrons. The molecule has 1 N–H and O–H groups in total. The zero-order valence-electron chi connectivity index (χ0n) is 15.1. The van der Waals surface area contributed by atoms with Crippen molar-refractivity contribution in [2.24, 2.45) is 5.92 Å². The number of thioether (sulfide) groups is 1. The van der Waals surface area contributed by atoms with E-state index < -0.39 is 17.5 Å². The first-order chi connectivity index (χ1) is 12.1. The minimum absolute atomic E-state index is 0.187. The van der Waals surface area contributed by atoms with E-state index in [9.17, 15) is 18.4 Å². The van der Waals surface area contributed by atoms with Gasteiger partial charge in [-0.3, -0.25) is 4.79 Å². The summed E-state index contributed by atoms with van der Waals surface area (Å²) in [5, 5.41) is 2.79. The summed E-state index contributed by atoms with van der Waals surface area (Å²) in [6.45, 7) is 6.28. The molecule has 2 amide bonds. The molecule has 8 heteroatoms. The lowest BCUT2D eigenvalue weighted by atomic mass is 9.97. The lowest BCUT2D eigenvalue weighted by Gasteiger charge is -2.33. The lowest BCUT2D eigenvalue weighted by molar-refractivity contribution is -0.121. The lowest BCUT2D eigenvalue weighted by Crippen LogP contribution is -2.45. The molecule has 1 aliphatic rings. The van der Waals surface area contributed by atoms with Gasteiger partial charge in [-0.05, 0) is 57.9 Å². The summed E-state index contributed by atoms with van der Waals surface area (Å²) in [7, 11) is 0. The summed E-state index contributed by atoms with van der Waals surface area (Å²) in [4.78, 5) is 26.6. The number of rotatable bonds is 4. The predicted molar refractivity (Wildman–Crippen MR) is 97.5 cm³/mol. The molecule has 0 radical (unpaired) electrons. The van der Waals surface area contributed by atoms with E-state index in [0.717, 1.165) is 6.42 Å². The number of piperidine rings is 1. The van der Waals surface area contributed by atoms with Gasteiger partial charge in [0.25, 0.3) is 5.76 Å². The van der Waals surface area contributed by atoms with Crippen molar-refractivity contribution in [3.63, 3.8) is 0 Å². The van der Waals surface area contributed by atoms with Crippen molar-refractivity contribution in [2.75, 3.05) is 18.4 Å². The number of carbonyl (C=O) groups excluding carboxylic acids is 2. The van der Waals surface area contributed by atoms with Gasteiger partial charge in [0, 0.05) is 23.7 Å². The smallest absolute Gasteiger partial charge is 0.410 e. The van der Waals surface area contributed by atoms with Crippen LogP contribution in [0.1, 0.15) is 33.6 Å². The fraction of sp³-hybridized carbons (Fsp3) is 0.556. The van der Waals surface area contributed by atoms with Crippen LogP contribution in [0.15, 0.2) is 29.2 Å². The zero-order chi connectivity index (χ0) is 19.3. The van der Waals surface area contributed by atoms with Gasteiger partial charge in [0.05, 0.1) is 5.92 Å². The molecule has 0 aliphatic carbocycles. The fourth-order valence-electron chi connectivity index (χ4n) is 2.65. The number of hydrogen-bond donors (Lipinski definition) is 1. The Morgan fingerprint density at radius 2 is 1.92 bits per heavy atom. The van der Waals surface area contributed by atoms with Crippen LogP contribution >= 0.6 is 11.8 Å². The summed E-state index contributed by atoms with van der Waals surface area (Å²) in [5.74, 6) is -2.99. The molecule has 1 aromatic rings. The van der Waals surface area contributed by atoms with E-state index in [1.165, 1.54) is 0 Å². The molecule has 1 fully saturated rings. The minimum Gasteiger partial charge on any atom is -0.444 e. The van der Waals surface area contributed by atoms with Crippen LogP contribution in [0.4, 0.5) is 19.3 Å². The second kappa shape index (κ2) is 8.70. The number of amides is 2. The Labute approximate surface area is 156 Å². The van der Waals surface area contributed by atoms with Crippen molar-refractivity contribution in [1.29, 1.82) is 0 Å². The second-order valence-corrected chi connectivity index (χ2v) is 8.22. The molecule has 1 saturated heterocycles. The van der Waals surface area contributed by atoms with Gasteiger partial charge < -0.3 is 15.0 Å². The Morgan fingerprint density at radius 1 is 1.27 bits per heavy atom. The molecule has 0 spiro atoms.